The Morgan fingerprint density at radius 3 is 2.72 bits per heavy atom. The van der Waals surface area contributed by atoms with Crippen LogP contribution in [0.15, 0.2) is 24.3 Å². The Bertz CT molecular complexity index is 394. The van der Waals surface area contributed by atoms with E-state index in [2.05, 4.69) is 5.32 Å². The van der Waals surface area contributed by atoms with Gasteiger partial charge >= 0.3 is 0 Å². The molecule has 0 aromatic heterocycles. The van der Waals surface area contributed by atoms with Gasteiger partial charge in [-0.3, -0.25) is 4.79 Å². The molecule has 1 rings (SSSR count). The number of amides is 1. The number of hydrogen-bond donors (Lipinski definition) is 3. The minimum Gasteiger partial charge on any atom is -0.482 e. The van der Waals surface area contributed by atoms with Crippen molar-refractivity contribution in [1.82, 2.24) is 5.32 Å². The second kappa shape index (κ2) is 6.86. The Morgan fingerprint density at radius 1 is 1.44 bits per heavy atom. The van der Waals surface area contributed by atoms with Crippen LogP contribution in [-0.4, -0.2) is 30.3 Å². The molecule has 0 aliphatic heterocycles. The summed E-state index contributed by atoms with van der Waals surface area (Å²) in [5.41, 5.74) is 6.17. The monoisotopic (exact) mass is 252 g/mol. The molecule has 1 aromatic rings. The summed E-state index contributed by atoms with van der Waals surface area (Å²) in [6.45, 7) is 3.89. The second-order valence-electron chi connectivity index (χ2n) is 4.44. The Hall–Kier alpha value is -1.75. The fourth-order valence-corrected chi connectivity index (χ4v) is 1.26. The van der Waals surface area contributed by atoms with Crippen molar-refractivity contribution in [2.75, 3.05) is 18.9 Å². The Balaban J connectivity index is 2.32. The highest BCUT2D eigenvalue weighted by Crippen LogP contribution is 2.19. The minimum absolute atomic E-state index is 0.107. The van der Waals surface area contributed by atoms with E-state index >= 15 is 0 Å². The third-order valence-electron chi connectivity index (χ3n) is 2.56. The number of nitrogen functional groups attached to an aromatic ring is 1. The Morgan fingerprint density at radius 2 is 2.11 bits per heavy atom. The number of para-hydroxylation sites is 2. The summed E-state index contributed by atoms with van der Waals surface area (Å²) in [5.74, 6) is 0.311. The zero-order chi connectivity index (χ0) is 13.5. The molecule has 1 unspecified atom stereocenters. The normalized spacial score (nSPS) is 12.2. The molecule has 1 aromatic carbocycles. The molecule has 1 amide bonds. The van der Waals surface area contributed by atoms with E-state index in [0.717, 1.165) is 0 Å². The number of nitrogens with two attached hydrogens (primary N) is 1. The second-order valence-corrected chi connectivity index (χ2v) is 4.44. The number of anilines is 1. The first-order chi connectivity index (χ1) is 8.50. The molecule has 5 nitrogen and oxygen atoms in total. The van der Waals surface area contributed by atoms with Crippen LogP contribution in [0.2, 0.25) is 0 Å². The molecule has 0 aliphatic rings. The van der Waals surface area contributed by atoms with Gasteiger partial charge in [-0.05, 0) is 18.1 Å². The average Bonchev–Trinajstić information content (AvgIpc) is 2.34. The molecule has 0 heterocycles. The number of carbonyl (C=O) groups is 1. The molecular weight excluding hydrogens is 232 g/mol. The third-order valence-corrected chi connectivity index (χ3v) is 2.56. The molecule has 100 valence electrons. The lowest BCUT2D eigenvalue weighted by Crippen LogP contribution is -2.37. The van der Waals surface area contributed by atoms with E-state index < -0.39 is 6.10 Å². The molecular formula is C13H20N2O3. The largest absolute Gasteiger partial charge is 0.482 e. The number of hydrogen-bond acceptors (Lipinski definition) is 4. The third kappa shape index (κ3) is 4.63. The van der Waals surface area contributed by atoms with Gasteiger partial charge in [0.25, 0.3) is 5.91 Å². The SMILES string of the molecule is CC(C)C(O)CNC(=O)COc1ccccc1N. The van der Waals surface area contributed by atoms with Crippen molar-refractivity contribution in [2.24, 2.45) is 5.92 Å². The number of benzene rings is 1. The molecule has 1 atom stereocenters. The van der Waals surface area contributed by atoms with Gasteiger partial charge in [0.2, 0.25) is 0 Å². The van der Waals surface area contributed by atoms with Crippen LogP contribution < -0.4 is 15.8 Å². The zero-order valence-electron chi connectivity index (χ0n) is 10.7. The lowest BCUT2D eigenvalue weighted by atomic mass is 10.1. The van der Waals surface area contributed by atoms with Crippen molar-refractivity contribution < 1.29 is 14.6 Å². The van der Waals surface area contributed by atoms with Gasteiger partial charge in [-0.15, -0.1) is 0 Å². The minimum atomic E-state index is -0.546. The highest BCUT2D eigenvalue weighted by molar-refractivity contribution is 5.77. The van der Waals surface area contributed by atoms with Crippen molar-refractivity contribution in [1.29, 1.82) is 0 Å². The molecule has 0 aliphatic carbocycles. The van der Waals surface area contributed by atoms with Crippen LogP contribution >= 0.6 is 0 Å². The molecule has 0 saturated carbocycles. The topological polar surface area (TPSA) is 84.6 Å². The van der Waals surface area contributed by atoms with Gasteiger partial charge in [0.05, 0.1) is 11.8 Å². The molecule has 0 radical (unpaired) electrons. The number of ether oxygens (including phenoxy) is 1. The molecule has 0 spiro atoms. The maximum absolute atomic E-state index is 11.5. The number of aliphatic hydroxyl groups excluding tert-OH is 1. The Labute approximate surface area is 107 Å². The van der Waals surface area contributed by atoms with Gasteiger partial charge in [0, 0.05) is 6.54 Å². The van der Waals surface area contributed by atoms with Crippen molar-refractivity contribution in [3.63, 3.8) is 0 Å². The van der Waals surface area contributed by atoms with Gasteiger partial charge < -0.3 is 20.9 Å². The fourth-order valence-electron chi connectivity index (χ4n) is 1.26. The molecule has 0 bridgehead atoms. The van der Waals surface area contributed by atoms with Gasteiger partial charge in [0.15, 0.2) is 6.61 Å². The van der Waals surface area contributed by atoms with Crippen LogP contribution in [-0.2, 0) is 4.79 Å². The van der Waals surface area contributed by atoms with Gasteiger partial charge in [-0.2, -0.15) is 0 Å². The summed E-state index contributed by atoms with van der Waals surface area (Å²) in [5, 5.41) is 12.1. The van der Waals surface area contributed by atoms with Crippen LogP contribution in [0.25, 0.3) is 0 Å². The Kier molecular flexibility index (Phi) is 5.45. The van der Waals surface area contributed by atoms with Gasteiger partial charge in [-0.25, -0.2) is 0 Å². The lowest BCUT2D eigenvalue weighted by molar-refractivity contribution is -0.123. The van der Waals surface area contributed by atoms with Crippen LogP contribution in [0.5, 0.6) is 5.75 Å². The van der Waals surface area contributed by atoms with Crippen LogP contribution in [0.4, 0.5) is 5.69 Å². The lowest BCUT2D eigenvalue weighted by Gasteiger charge is -2.15. The fraction of sp³-hybridized carbons (Fsp3) is 0.462. The van der Waals surface area contributed by atoms with Crippen LogP contribution in [0.3, 0.4) is 0 Å². The summed E-state index contributed by atoms with van der Waals surface area (Å²) in [4.78, 5) is 11.5. The standard InChI is InChI=1S/C13H20N2O3/c1-9(2)11(16)7-15-13(17)8-18-12-6-4-3-5-10(12)14/h3-6,9,11,16H,7-8,14H2,1-2H3,(H,15,17). The smallest absolute Gasteiger partial charge is 0.258 e. The van der Waals surface area contributed by atoms with Crippen molar-refractivity contribution in [3.05, 3.63) is 24.3 Å². The molecule has 4 N–H and O–H groups in total. The van der Waals surface area contributed by atoms with Crippen molar-refractivity contribution in [3.8, 4) is 5.75 Å². The first-order valence-corrected chi connectivity index (χ1v) is 5.92. The summed E-state index contributed by atoms with van der Waals surface area (Å²) in [6, 6.07) is 6.98. The molecule has 18 heavy (non-hydrogen) atoms. The molecule has 5 heteroatoms. The molecule has 0 saturated heterocycles. The van der Waals surface area contributed by atoms with E-state index in [0.29, 0.717) is 11.4 Å². The van der Waals surface area contributed by atoms with E-state index in [-0.39, 0.29) is 25.0 Å². The van der Waals surface area contributed by atoms with E-state index in [1.54, 1.807) is 24.3 Å². The van der Waals surface area contributed by atoms with Crippen LogP contribution in [0.1, 0.15) is 13.8 Å². The van der Waals surface area contributed by atoms with E-state index in [4.69, 9.17) is 10.5 Å². The highest BCUT2D eigenvalue weighted by atomic mass is 16.5. The maximum Gasteiger partial charge on any atom is 0.258 e. The summed E-state index contributed by atoms with van der Waals surface area (Å²) in [7, 11) is 0. The number of carbonyl (C=O) groups excluding carboxylic acids is 1. The quantitative estimate of drug-likeness (QED) is 0.653. The van der Waals surface area contributed by atoms with Gasteiger partial charge in [-0.1, -0.05) is 26.0 Å². The number of rotatable bonds is 6. The molecule has 0 fully saturated rings. The highest BCUT2D eigenvalue weighted by Gasteiger charge is 2.11. The van der Waals surface area contributed by atoms with Crippen molar-refractivity contribution >= 4 is 11.6 Å². The van der Waals surface area contributed by atoms with Crippen molar-refractivity contribution in [2.45, 2.75) is 20.0 Å². The van der Waals surface area contributed by atoms with E-state index in [1.807, 2.05) is 13.8 Å². The maximum atomic E-state index is 11.5. The number of aliphatic hydroxyl groups is 1. The van der Waals surface area contributed by atoms with Crippen LogP contribution in [0, 0.1) is 5.92 Å². The predicted molar refractivity (Wildman–Crippen MR) is 70.2 cm³/mol. The van der Waals surface area contributed by atoms with E-state index in [1.165, 1.54) is 0 Å². The number of nitrogens with one attached hydrogen (secondary N) is 1. The summed E-state index contributed by atoms with van der Waals surface area (Å²) >= 11 is 0. The summed E-state index contributed by atoms with van der Waals surface area (Å²) in [6.07, 6.45) is -0.546. The van der Waals surface area contributed by atoms with E-state index in [9.17, 15) is 9.90 Å². The van der Waals surface area contributed by atoms with Gasteiger partial charge in [0.1, 0.15) is 5.75 Å². The first-order valence-electron chi connectivity index (χ1n) is 5.92. The predicted octanol–water partition coefficient (Wildman–Crippen LogP) is 0.781. The average molecular weight is 252 g/mol. The zero-order valence-corrected chi connectivity index (χ0v) is 10.7. The first kappa shape index (κ1) is 14.3. The summed E-state index contributed by atoms with van der Waals surface area (Å²) < 4.78 is 5.27.